The molecular weight excluding hydrogens is 291 g/mol. The lowest BCUT2D eigenvalue weighted by Crippen LogP contribution is -1.99. The molecule has 0 spiro atoms. The number of hydrogen-bond donors (Lipinski definition) is 2. The van der Waals surface area contributed by atoms with Gasteiger partial charge in [0.05, 0.1) is 16.6 Å². The van der Waals surface area contributed by atoms with Crippen LogP contribution in [0.25, 0.3) is 11.0 Å². The molecular formula is C15H13FN2O2S. The second kappa shape index (κ2) is 5.65. The van der Waals surface area contributed by atoms with Crippen LogP contribution < -0.4 is 0 Å². The number of hydrogen-bond acceptors (Lipinski definition) is 3. The number of nitrogens with zero attached hydrogens (tertiary/aromatic N) is 1. The van der Waals surface area contributed by atoms with Crippen LogP contribution in [0.1, 0.15) is 27.5 Å². The summed E-state index contributed by atoms with van der Waals surface area (Å²) in [6.45, 7) is 0. The molecule has 2 aromatic heterocycles. The Morgan fingerprint density at radius 1 is 1.38 bits per heavy atom. The van der Waals surface area contributed by atoms with Crippen LogP contribution in [0.5, 0.6) is 0 Å². The Morgan fingerprint density at radius 2 is 2.24 bits per heavy atom. The molecule has 0 atom stereocenters. The van der Waals surface area contributed by atoms with Gasteiger partial charge in [0, 0.05) is 17.4 Å². The first kappa shape index (κ1) is 13.8. The highest BCUT2D eigenvalue weighted by atomic mass is 32.1. The van der Waals surface area contributed by atoms with E-state index in [4.69, 9.17) is 5.11 Å². The zero-order chi connectivity index (χ0) is 14.8. The molecule has 0 aliphatic carbocycles. The van der Waals surface area contributed by atoms with Crippen molar-refractivity contribution in [3.05, 3.63) is 51.7 Å². The number of nitrogens with one attached hydrogen (secondary N) is 1. The Labute approximate surface area is 124 Å². The van der Waals surface area contributed by atoms with Crippen molar-refractivity contribution < 1.29 is 14.3 Å². The molecule has 3 aromatic rings. The number of fused-ring (bicyclic) bond motifs is 1. The lowest BCUT2D eigenvalue weighted by molar-refractivity contribution is 0.0692. The standard InChI is InChI=1S/C15H13FN2O2S/c16-11-8-13-12(7-10(11)15(19)20)17-14(18-13)5-1-3-9-4-2-6-21-9/h2,4,6-8H,1,3,5H2,(H,17,18)(H,19,20). The summed E-state index contributed by atoms with van der Waals surface area (Å²) in [6, 6.07) is 6.58. The van der Waals surface area contributed by atoms with Crippen LogP contribution >= 0.6 is 11.3 Å². The van der Waals surface area contributed by atoms with Gasteiger partial charge in [-0.1, -0.05) is 6.07 Å². The van der Waals surface area contributed by atoms with Gasteiger partial charge in [-0.3, -0.25) is 0 Å². The molecule has 0 aliphatic rings. The van der Waals surface area contributed by atoms with Gasteiger partial charge in [-0.25, -0.2) is 14.2 Å². The molecule has 0 radical (unpaired) electrons. The van der Waals surface area contributed by atoms with E-state index < -0.39 is 11.8 Å². The highest BCUT2D eigenvalue weighted by Crippen LogP contribution is 2.19. The predicted molar refractivity (Wildman–Crippen MR) is 79.4 cm³/mol. The minimum Gasteiger partial charge on any atom is -0.478 e. The molecule has 4 nitrogen and oxygen atoms in total. The molecule has 6 heteroatoms. The number of benzene rings is 1. The van der Waals surface area contributed by atoms with Crippen LogP contribution in [0.3, 0.4) is 0 Å². The number of imidazole rings is 1. The number of carboxylic acids is 1. The second-order valence-corrected chi connectivity index (χ2v) is 5.80. The van der Waals surface area contributed by atoms with Crippen molar-refractivity contribution in [2.24, 2.45) is 0 Å². The highest BCUT2D eigenvalue weighted by molar-refractivity contribution is 7.09. The first-order valence-electron chi connectivity index (χ1n) is 6.57. The lowest BCUT2D eigenvalue weighted by Gasteiger charge is -1.96. The zero-order valence-corrected chi connectivity index (χ0v) is 11.9. The molecule has 0 amide bonds. The number of rotatable bonds is 5. The van der Waals surface area contributed by atoms with Crippen molar-refractivity contribution in [1.29, 1.82) is 0 Å². The Morgan fingerprint density at radius 3 is 2.95 bits per heavy atom. The van der Waals surface area contributed by atoms with E-state index in [0.29, 0.717) is 11.0 Å². The van der Waals surface area contributed by atoms with Gasteiger partial charge in [0.2, 0.25) is 0 Å². The fourth-order valence-electron chi connectivity index (χ4n) is 2.25. The zero-order valence-electron chi connectivity index (χ0n) is 11.1. The van der Waals surface area contributed by atoms with E-state index in [0.717, 1.165) is 25.1 Å². The van der Waals surface area contributed by atoms with Crippen molar-refractivity contribution in [1.82, 2.24) is 9.97 Å². The maximum atomic E-state index is 13.6. The monoisotopic (exact) mass is 304 g/mol. The Hall–Kier alpha value is -2.21. The SMILES string of the molecule is O=C(O)c1cc2nc(CCCc3cccs3)[nH]c2cc1F. The lowest BCUT2D eigenvalue weighted by atomic mass is 10.2. The van der Waals surface area contributed by atoms with Crippen molar-refractivity contribution >= 4 is 28.3 Å². The number of H-pyrrole nitrogens is 1. The summed E-state index contributed by atoms with van der Waals surface area (Å²) in [5.74, 6) is -1.27. The molecule has 2 N–H and O–H groups in total. The molecule has 0 saturated carbocycles. The van der Waals surface area contributed by atoms with Gasteiger partial charge < -0.3 is 10.1 Å². The first-order chi connectivity index (χ1) is 10.1. The third kappa shape index (κ3) is 2.95. The van der Waals surface area contributed by atoms with Gasteiger partial charge in [0.25, 0.3) is 0 Å². The average Bonchev–Trinajstić information content (AvgIpc) is 3.06. The van der Waals surface area contributed by atoms with Crippen LogP contribution in [-0.2, 0) is 12.8 Å². The van der Waals surface area contributed by atoms with Crippen LogP contribution in [0.15, 0.2) is 29.6 Å². The highest BCUT2D eigenvalue weighted by Gasteiger charge is 2.13. The van der Waals surface area contributed by atoms with E-state index in [-0.39, 0.29) is 5.56 Å². The minimum absolute atomic E-state index is 0.348. The summed E-state index contributed by atoms with van der Waals surface area (Å²) in [4.78, 5) is 19.6. The van der Waals surface area contributed by atoms with Crippen molar-refractivity contribution in [3.8, 4) is 0 Å². The number of carbonyl (C=O) groups is 1. The van der Waals surface area contributed by atoms with Crippen molar-refractivity contribution in [2.75, 3.05) is 0 Å². The largest absolute Gasteiger partial charge is 0.478 e. The van der Waals surface area contributed by atoms with Gasteiger partial charge in [0.15, 0.2) is 0 Å². The summed E-state index contributed by atoms with van der Waals surface area (Å²) in [5, 5.41) is 11.0. The van der Waals surface area contributed by atoms with Crippen LogP contribution in [-0.4, -0.2) is 21.0 Å². The van der Waals surface area contributed by atoms with E-state index in [1.54, 1.807) is 11.3 Å². The fraction of sp³-hybridized carbons (Fsp3) is 0.200. The molecule has 0 fully saturated rings. The van der Waals surface area contributed by atoms with Gasteiger partial charge in [-0.15, -0.1) is 11.3 Å². The quantitative estimate of drug-likeness (QED) is 0.756. The van der Waals surface area contributed by atoms with Crippen molar-refractivity contribution in [3.63, 3.8) is 0 Å². The number of aromatic carboxylic acids is 1. The van der Waals surface area contributed by atoms with Crippen LogP contribution in [0, 0.1) is 5.82 Å². The van der Waals surface area contributed by atoms with E-state index >= 15 is 0 Å². The topological polar surface area (TPSA) is 66.0 Å². The molecule has 1 aromatic carbocycles. The molecule has 108 valence electrons. The second-order valence-electron chi connectivity index (χ2n) is 4.77. The van der Waals surface area contributed by atoms with Gasteiger partial charge in [-0.2, -0.15) is 0 Å². The van der Waals surface area contributed by atoms with E-state index in [9.17, 15) is 9.18 Å². The van der Waals surface area contributed by atoms with Gasteiger partial charge in [0.1, 0.15) is 11.6 Å². The molecule has 0 bridgehead atoms. The molecule has 3 rings (SSSR count). The van der Waals surface area contributed by atoms with E-state index in [1.165, 1.54) is 17.0 Å². The maximum Gasteiger partial charge on any atom is 0.338 e. The average molecular weight is 304 g/mol. The van der Waals surface area contributed by atoms with Crippen LogP contribution in [0.4, 0.5) is 4.39 Å². The van der Waals surface area contributed by atoms with Gasteiger partial charge >= 0.3 is 5.97 Å². The maximum absolute atomic E-state index is 13.6. The summed E-state index contributed by atoms with van der Waals surface area (Å²) in [6.07, 6.45) is 2.66. The smallest absolute Gasteiger partial charge is 0.338 e. The Kier molecular flexibility index (Phi) is 3.70. The van der Waals surface area contributed by atoms with E-state index in [2.05, 4.69) is 16.0 Å². The summed E-state index contributed by atoms with van der Waals surface area (Å²) in [5.41, 5.74) is 0.669. The molecule has 2 heterocycles. The molecule has 0 unspecified atom stereocenters. The normalized spacial score (nSPS) is 11.1. The third-order valence-electron chi connectivity index (χ3n) is 3.27. The number of thiophene rings is 1. The Balaban J connectivity index is 1.76. The minimum atomic E-state index is -1.28. The number of aromatic nitrogens is 2. The van der Waals surface area contributed by atoms with E-state index in [1.807, 2.05) is 11.4 Å². The molecule has 21 heavy (non-hydrogen) atoms. The number of carboxylic acid groups (broad SMARTS) is 1. The first-order valence-corrected chi connectivity index (χ1v) is 7.45. The third-order valence-corrected chi connectivity index (χ3v) is 4.20. The number of aromatic amines is 1. The number of halogens is 1. The van der Waals surface area contributed by atoms with Gasteiger partial charge in [-0.05, 0) is 30.4 Å². The van der Waals surface area contributed by atoms with Crippen LogP contribution in [0.2, 0.25) is 0 Å². The Bertz CT molecular complexity index is 780. The number of aryl methyl sites for hydroxylation is 2. The molecule has 0 saturated heterocycles. The summed E-state index contributed by atoms with van der Waals surface area (Å²) in [7, 11) is 0. The summed E-state index contributed by atoms with van der Waals surface area (Å²) >= 11 is 1.72. The predicted octanol–water partition coefficient (Wildman–Crippen LogP) is 3.64. The van der Waals surface area contributed by atoms with Crippen molar-refractivity contribution in [2.45, 2.75) is 19.3 Å². The summed E-state index contributed by atoms with van der Waals surface area (Å²) < 4.78 is 13.6. The molecule has 0 aliphatic heterocycles. The fourth-order valence-corrected chi connectivity index (χ4v) is 3.00.